The van der Waals surface area contributed by atoms with Crippen LogP contribution in [0.1, 0.15) is 33.3 Å². The molecule has 0 aliphatic carbocycles. The van der Waals surface area contributed by atoms with Gasteiger partial charge in [0.25, 0.3) is 5.91 Å². The molecule has 1 fully saturated rings. The van der Waals surface area contributed by atoms with E-state index in [0.717, 1.165) is 21.3 Å². The van der Waals surface area contributed by atoms with Crippen molar-refractivity contribution in [1.29, 1.82) is 0 Å². The maximum Gasteiger partial charge on any atom is 0.351 e. The van der Waals surface area contributed by atoms with Gasteiger partial charge in [0.15, 0.2) is 6.23 Å². The van der Waals surface area contributed by atoms with Crippen LogP contribution in [0.15, 0.2) is 126 Å². The molecule has 1 aliphatic rings. The number of aliphatic hydroxyl groups is 2. The van der Waals surface area contributed by atoms with Gasteiger partial charge in [-0.15, -0.1) is 0 Å². The van der Waals surface area contributed by atoms with Gasteiger partial charge in [0, 0.05) is 11.8 Å². The van der Waals surface area contributed by atoms with Crippen LogP contribution in [0.5, 0.6) is 11.5 Å². The standard InChI is InChI=1S/C37H35N3O8/c1-45-28-17-13-26(14-18-28)37(25-11-7-4-8-12-25,27-15-19-29(46-2)20-16-27)47-23-30-32(41)33(42)35(48-30)40-22-21-31(39-36(40)44)38-34(43)24-9-5-3-6-10-24/h3-22,30,32-33,35,41-42H,23H2,1-2H3,(H,38,39,43,44)/t30-,32+,33?,35-/m1/s1. The molecule has 4 atom stereocenters. The molecule has 1 aromatic heterocycles. The van der Waals surface area contributed by atoms with Gasteiger partial charge < -0.3 is 34.5 Å². The smallest absolute Gasteiger partial charge is 0.351 e. The number of rotatable bonds is 11. The van der Waals surface area contributed by atoms with Crippen molar-refractivity contribution in [2.24, 2.45) is 0 Å². The quantitative estimate of drug-likeness (QED) is 0.180. The Balaban J connectivity index is 1.29. The number of hydrogen-bond donors (Lipinski definition) is 3. The highest BCUT2D eigenvalue weighted by Crippen LogP contribution is 2.42. The van der Waals surface area contributed by atoms with E-state index in [0.29, 0.717) is 17.1 Å². The third-order valence-corrected chi connectivity index (χ3v) is 8.36. The van der Waals surface area contributed by atoms with Crippen molar-refractivity contribution in [3.8, 4) is 11.5 Å². The molecule has 11 nitrogen and oxygen atoms in total. The molecule has 0 radical (unpaired) electrons. The Bertz CT molecular complexity index is 1840. The van der Waals surface area contributed by atoms with Crippen LogP contribution in [0.3, 0.4) is 0 Å². The van der Waals surface area contributed by atoms with Crippen LogP contribution < -0.4 is 20.5 Å². The van der Waals surface area contributed by atoms with Gasteiger partial charge in [-0.2, -0.15) is 4.98 Å². The van der Waals surface area contributed by atoms with Gasteiger partial charge in [-0.05, 0) is 59.2 Å². The lowest BCUT2D eigenvalue weighted by atomic mass is 9.80. The fraction of sp³-hybridized carbons (Fsp3) is 0.216. The first-order valence-electron chi connectivity index (χ1n) is 15.3. The minimum atomic E-state index is -1.48. The Morgan fingerprint density at radius 2 is 1.33 bits per heavy atom. The summed E-state index contributed by atoms with van der Waals surface area (Å²) in [4.78, 5) is 29.6. The lowest BCUT2D eigenvalue weighted by Gasteiger charge is -2.37. The third-order valence-electron chi connectivity index (χ3n) is 8.36. The summed E-state index contributed by atoms with van der Waals surface area (Å²) in [6.45, 7) is -0.172. The molecule has 4 aromatic carbocycles. The Kier molecular flexibility index (Phi) is 9.65. The van der Waals surface area contributed by atoms with E-state index < -0.39 is 41.7 Å². The number of nitrogens with one attached hydrogen (secondary N) is 1. The van der Waals surface area contributed by atoms with Crippen LogP contribution in [0.25, 0.3) is 0 Å². The summed E-state index contributed by atoms with van der Waals surface area (Å²) in [6, 6.07) is 34.5. The second kappa shape index (κ2) is 14.2. The van der Waals surface area contributed by atoms with Crippen LogP contribution in [0.2, 0.25) is 0 Å². The Morgan fingerprint density at radius 1 is 0.792 bits per heavy atom. The topological polar surface area (TPSA) is 141 Å². The summed E-state index contributed by atoms with van der Waals surface area (Å²) in [6.07, 6.45) is -3.83. The maximum atomic E-state index is 13.1. The predicted octanol–water partition coefficient (Wildman–Crippen LogP) is 4.14. The minimum Gasteiger partial charge on any atom is -0.497 e. The lowest BCUT2D eigenvalue weighted by molar-refractivity contribution is -0.0958. The van der Waals surface area contributed by atoms with Crippen LogP contribution >= 0.6 is 0 Å². The van der Waals surface area contributed by atoms with E-state index in [1.165, 1.54) is 12.3 Å². The van der Waals surface area contributed by atoms with Gasteiger partial charge in [0.1, 0.15) is 41.2 Å². The zero-order valence-electron chi connectivity index (χ0n) is 26.3. The molecule has 1 saturated heterocycles. The molecule has 3 N–H and O–H groups in total. The molecule has 0 saturated carbocycles. The second-order valence-corrected chi connectivity index (χ2v) is 11.2. The maximum absolute atomic E-state index is 13.1. The predicted molar refractivity (Wildman–Crippen MR) is 177 cm³/mol. The zero-order chi connectivity index (χ0) is 33.7. The molecule has 0 bridgehead atoms. The third kappa shape index (κ3) is 6.44. The van der Waals surface area contributed by atoms with Gasteiger partial charge >= 0.3 is 5.69 Å². The molecule has 0 spiro atoms. The average Bonchev–Trinajstić information content (AvgIpc) is 3.42. The highest BCUT2D eigenvalue weighted by atomic mass is 16.6. The number of aromatic nitrogens is 2. The Labute approximate surface area is 277 Å². The van der Waals surface area contributed by atoms with Crippen molar-refractivity contribution in [3.63, 3.8) is 0 Å². The van der Waals surface area contributed by atoms with Gasteiger partial charge in [-0.1, -0.05) is 72.8 Å². The monoisotopic (exact) mass is 649 g/mol. The Hall–Kier alpha value is -5.33. The summed E-state index contributed by atoms with van der Waals surface area (Å²) >= 11 is 0. The van der Waals surface area contributed by atoms with Crippen molar-refractivity contribution in [2.75, 3.05) is 26.1 Å². The second-order valence-electron chi connectivity index (χ2n) is 11.2. The molecule has 48 heavy (non-hydrogen) atoms. The summed E-state index contributed by atoms with van der Waals surface area (Å²) in [5, 5.41) is 24.8. The van der Waals surface area contributed by atoms with E-state index in [1.54, 1.807) is 44.6 Å². The molecule has 6 rings (SSSR count). The lowest BCUT2D eigenvalue weighted by Crippen LogP contribution is -2.39. The van der Waals surface area contributed by atoms with E-state index in [4.69, 9.17) is 18.9 Å². The van der Waals surface area contributed by atoms with Gasteiger partial charge in [-0.3, -0.25) is 9.36 Å². The number of anilines is 1. The molecule has 2 heterocycles. The SMILES string of the molecule is COc1ccc(C(OC[C@H]2O[C@@H](n3ccc(NC(=O)c4ccccc4)nc3=O)C(O)[C@H]2O)(c2ccccc2)c2ccc(OC)cc2)cc1. The zero-order valence-corrected chi connectivity index (χ0v) is 26.3. The van der Waals surface area contributed by atoms with E-state index >= 15 is 0 Å². The van der Waals surface area contributed by atoms with Crippen LogP contribution in [-0.4, -0.2) is 64.8 Å². The van der Waals surface area contributed by atoms with E-state index in [9.17, 15) is 19.8 Å². The summed E-state index contributed by atoms with van der Waals surface area (Å²) in [5.74, 6) is 0.937. The van der Waals surface area contributed by atoms with Crippen molar-refractivity contribution in [1.82, 2.24) is 9.55 Å². The largest absolute Gasteiger partial charge is 0.497 e. The number of ether oxygens (including phenoxy) is 4. The molecular formula is C37H35N3O8. The molecule has 1 unspecified atom stereocenters. The van der Waals surface area contributed by atoms with Crippen LogP contribution in [0, 0.1) is 0 Å². The number of methoxy groups -OCH3 is 2. The molecule has 5 aromatic rings. The van der Waals surface area contributed by atoms with Gasteiger partial charge in [-0.25, -0.2) is 4.79 Å². The molecule has 246 valence electrons. The normalized spacial score (nSPS) is 19.1. The summed E-state index contributed by atoms with van der Waals surface area (Å²) in [5.41, 5.74) is 0.783. The number of nitrogens with zero attached hydrogens (tertiary/aromatic N) is 2. The fourth-order valence-corrected chi connectivity index (χ4v) is 5.83. The number of amides is 1. The number of benzene rings is 4. The minimum absolute atomic E-state index is 0.0321. The first kappa shape index (κ1) is 32.6. The van der Waals surface area contributed by atoms with Crippen molar-refractivity contribution >= 4 is 11.7 Å². The van der Waals surface area contributed by atoms with Crippen molar-refractivity contribution in [3.05, 3.63) is 154 Å². The number of carbonyl (C=O) groups is 1. The first-order chi connectivity index (χ1) is 23.3. The van der Waals surface area contributed by atoms with E-state index in [-0.39, 0.29) is 12.4 Å². The van der Waals surface area contributed by atoms with Gasteiger partial charge in [0.2, 0.25) is 0 Å². The van der Waals surface area contributed by atoms with Crippen LogP contribution in [0.4, 0.5) is 5.82 Å². The van der Waals surface area contributed by atoms with Crippen molar-refractivity contribution in [2.45, 2.75) is 30.1 Å². The average molecular weight is 650 g/mol. The van der Waals surface area contributed by atoms with E-state index in [1.807, 2.05) is 78.9 Å². The number of carbonyl (C=O) groups excluding carboxylic acids is 1. The highest BCUT2D eigenvalue weighted by molar-refractivity contribution is 6.03. The first-order valence-corrected chi connectivity index (χ1v) is 15.3. The summed E-state index contributed by atoms with van der Waals surface area (Å²) in [7, 11) is 3.18. The molecule has 11 heteroatoms. The van der Waals surface area contributed by atoms with E-state index in [2.05, 4.69) is 10.3 Å². The molecule has 1 aliphatic heterocycles. The highest BCUT2D eigenvalue weighted by Gasteiger charge is 2.46. The molecule has 1 amide bonds. The molecular weight excluding hydrogens is 614 g/mol. The van der Waals surface area contributed by atoms with Crippen molar-refractivity contribution < 1.29 is 34.0 Å². The number of aliphatic hydroxyl groups excluding tert-OH is 2. The van der Waals surface area contributed by atoms with Crippen LogP contribution in [-0.2, 0) is 15.1 Å². The fourth-order valence-electron chi connectivity index (χ4n) is 5.83. The Morgan fingerprint density at radius 3 is 1.88 bits per heavy atom. The van der Waals surface area contributed by atoms with Gasteiger partial charge in [0.05, 0.1) is 20.8 Å². The number of hydrogen-bond acceptors (Lipinski definition) is 9. The summed E-state index contributed by atoms with van der Waals surface area (Å²) < 4.78 is 24.8.